The Balaban J connectivity index is 1.46. The Morgan fingerprint density at radius 3 is 2.20 bits per heavy atom. The van der Waals surface area contributed by atoms with Crippen LogP contribution < -0.4 is 10.2 Å². The van der Waals surface area contributed by atoms with Gasteiger partial charge in [-0.05, 0) is 24.3 Å². The largest absolute Gasteiger partial charge is 0.508 e. The van der Waals surface area contributed by atoms with Crippen LogP contribution in [0, 0.1) is 0 Å². The van der Waals surface area contributed by atoms with Crippen LogP contribution in [0.1, 0.15) is 0 Å². The molecule has 15 nitrogen and oxygen atoms in total. The van der Waals surface area contributed by atoms with Crippen molar-refractivity contribution in [2.45, 2.75) is 55.3 Å². The van der Waals surface area contributed by atoms with Crippen molar-refractivity contribution in [3.8, 4) is 34.3 Å². The van der Waals surface area contributed by atoms with Crippen molar-refractivity contribution in [3.63, 3.8) is 0 Å². The second-order valence-corrected chi connectivity index (χ2v) is 9.69. The number of rotatable bonds is 6. The van der Waals surface area contributed by atoms with Gasteiger partial charge in [0.2, 0.25) is 17.5 Å². The van der Waals surface area contributed by atoms with Gasteiger partial charge in [-0.3, -0.25) is 4.79 Å². The number of benzene rings is 2. The molecule has 9 atom stereocenters. The topological polar surface area (TPSA) is 249 Å². The van der Waals surface area contributed by atoms with Crippen LogP contribution in [0.5, 0.6) is 23.0 Å². The summed E-state index contributed by atoms with van der Waals surface area (Å²) in [5, 5.41) is 90.6. The molecule has 15 heteroatoms. The van der Waals surface area contributed by atoms with E-state index in [9.17, 15) is 50.8 Å². The van der Waals surface area contributed by atoms with Crippen LogP contribution >= 0.6 is 0 Å². The first-order chi connectivity index (χ1) is 19.5. The molecule has 9 N–H and O–H groups in total. The predicted octanol–water partition coefficient (Wildman–Crippen LogP) is -1.78. The van der Waals surface area contributed by atoms with E-state index >= 15 is 0 Å². The van der Waals surface area contributed by atoms with E-state index in [1.807, 2.05) is 0 Å². The molecule has 0 unspecified atom stereocenters. The number of ether oxygens (including phenoxy) is 4. The zero-order valence-electron chi connectivity index (χ0n) is 21.0. The van der Waals surface area contributed by atoms with Gasteiger partial charge in [0.15, 0.2) is 12.1 Å². The van der Waals surface area contributed by atoms with Gasteiger partial charge in [0.25, 0.3) is 0 Å². The van der Waals surface area contributed by atoms with E-state index in [1.165, 1.54) is 24.3 Å². The summed E-state index contributed by atoms with van der Waals surface area (Å²) in [5.74, 6) is -1.97. The molecular formula is C26H28O15. The highest BCUT2D eigenvalue weighted by Gasteiger charge is 2.47. The van der Waals surface area contributed by atoms with E-state index in [2.05, 4.69) is 0 Å². The minimum Gasteiger partial charge on any atom is -0.508 e. The van der Waals surface area contributed by atoms with E-state index < -0.39 is 84.6 Å². The predicted molar refractivity (Wildman–Crippen MR) is 134 cm³/mol. The average molecular weight is 580 g/mol. The Labute approximate surface area is 230 Å². The van der Waals surface area contributed by atoms with E-state index in [0.29, 0.717) is 0 Å². The molecule has 0 aliphatic carbocycles. The molecule has 2 aromatic carbocycles. The molecule has 3 aromatic rings. The van der Waals surface area contributed by atoms with Gasteiger partial charge < -0.3 is 69.3 Å². The highest BCUT2D eigenvalue weighted by atomic mass is 16.7. The van der Waals surface area contributed by atoms with Crippen molar-refractivity contribution < 1.29 is 69.3 Å². The lowest BCUT2D eigenvalue weighted by Gasteiger charge is -2.41. The zero-order chi connectivity index (χ0) is 29.6. The smallest absolute Gasteiger partial charge is 0.239 e. The van der Waals surface area contributed by atoms with Gasteiger partial charge in [-0.2, -0.15) is 0 Å². The third kappa shape index (κ3) is 5.54. The van der Waals surface area contributed by atoms with Crippen LogP contribution in [0.4, 0.5) is 0 Å². The number of aromatic hydroxyl groups is 3. The number of aliphatic hydroxyl groups is 6. The van der Waals surface area contributed by atoms with E-state index in [1.54, 1.807) is 0 Å². The first-order valence-corrected chi connectivity index (χ1v) is 12.4. The summed E-state index contributed by atoms with van der Waals surface area (Å²) in [7, 11) is 0. The fourth-order valence-corrected chi connectivity index (χ4v) is 4.56. The van der Waals surface area contributed by atoms with Crippen LogP contribution in [-0.4, -0.2) is 114 Å². The second kappa shape index (κ2) is 11.4. The molecule has 0 saturated carbocycles. The van der Waals surface area contributed by atoms with Crippen molar-refractivity contribution in [3.05, 3.63) is 46.6 Å². The molecule has 41 heavy (non-hydrogen) atoms. The Morgan fingerprint density at radius 2 is 1.49 bits per heavy atom. The van der Waals surface area contributed by atoms with E-state index in [0.717, 1.165) is 12.1 Å². The number of hydrogen-bond acceptors (Lipinski definition) is 15. The molecule has 2 fully saturated rings. The van der Waals surface area contributed by atoms with Gasteiger partial charge in [0.1, 0.15) is 70.9 Å². The maximum absolute atomic E-state index is 13.5. The molecule has 2 aliphatic rings. The Morgan fingerprint density at radius 1 is 0.805 bits per heavy atom. The minimum atomic E-state index is -1.91. The summed E-state index contributed by atoms with van der Waals surface area (Å²) in [6.07, 6.45) is -14.8. The monoisotopic (exact) mass is 580 g/mol. The van der Waals surface area contributed by atoms with Crippen molar-refractivity contribution in [1.82, 2.24) is 0 Å². The van der Waals surface area contributed by atoms with E-state index in [-0.39, 0.29) is 34.6 Å². The van der Waals surface area contributed by atoms with Crippen molar-refractivity contribution in [2.24, 2.45) is 0 Å². The lowest BCUT2D eigenvalue weighted by molar-refractivity contribution is -0.307. The lowest BCUT2D eigenvalue weighted by atomic mass is 9.99. The van der Waals surface area contributed by atoms with Gasteiger partial charge in [-0.15, -0.1) is 0 Å². The molecule has 222 valence electrons. The molecule has 0 spiro atoms. The number of phenols is 3. The van der Waals surface area contributed by atoms with Gasteiger partial charge in [-0.1, -0.05) is 0 Å². The first kappa shape index (κ1) is 29.0. The summed E-state index contributed by atoms with van der Waals surface area (Å²) in [5.41, 5.74) is -0.954. The quantitative estimate of drug-likeness (QED) is 0.156. The van der Waals surface area contributed by atoms with Crippen LogP contribution in [0.15, 0.2) is 45.6 Å². The van der Waals surface area contributed by atoms with Crippen molar-refractivity contribution >= 4 is 11.0 Å². The molecule has 2 aliphatic heterocycles. The summed E-state index contributed by atoms with van der Waals surface area (Å²) in [6, 6.07) is 7.33. The van der Waals surface area contributed by atoms with Crippen molar-refractivity contribution in [1.29, 1.82) is 0 Å². The first-order valence-electron chi connectivity index (χ1n) is 12.4. The number of hydrogen-bond donors (Lipinski definition) is 9. The van der Waals surface area contributed by atoms with Crippen LogP contribution in [-0.2, 0) is 14.2 Å². The number of phenolic OH excluding ortho intramolecular Hbond substituents is 3. The summed E-state index contributed by atoms with van der Waals surface area (Å²) in [4.78, 5) is 13.5. The zero-order valence-corrected chi connectivity index (χ0v) is 21.0. The molecule has 0 radical (unpaired) electrons. The van der Waals surface area contributed by atoms with Crippen LogP contribution in [0.2, 0.25) is 0 Å². The highest BCUT2D eigenvalue weighted by molar-refractivity contribution is 5.88. The number of aliphatic hydroxyl groups excluding tert-OH is 6. The van der Waals surface area contributed by atoms with Gasteiger partial charge >= 0.3 is 0 Å². The molecule has 0 amide bonds. The molecule has 3 heterocycles. The fraction of sp³-hybridized carbons (Fsp3) is 0.423. The fourth-order valence-electron chi connectivity index (χ4n) is 4.56. The maximum atomic E-state index is 13.5. The average Bonchev–Trinajstić information content (AvgIpc) is 2.93. The van der Waals surface area contributed by atoms with E-state index in [4.69, 9.17) is 23.4 Å². The molecule has 0 bridgehead atoms. The minimum absolute atomic E-state index is 0.102. The standard InChI is InChI=1S/C26H28O15/c27-10-3-1-9(2-4-10)23-24(19(33)16-12(29)5-11(28)6-14(16)39-23)41-26-22(36)20(34)18(32)15(40-26)8-38-25-21(35)17(31)13(30)7-37-25/h1-6,13,15,17-18,20-22,25-32,34-36H,7-8H2/t13-,15+,17-,18-,20-,21+,22+,25+,26-/m0/s1. The molecular weight excluding hydrogens is 552 g/mol. The number of fused-ring (bicyclic) bond motifs is 1. The SMILES string of the molecule is O=c1c(O[C@@H]2O[C@H](CO[C@H]3OC[C@H](O)[C@H](O)[C@H]3O)[C@H](O)[C@H](O)[C@H]2O)c(-c2ccc(O)cc2)oc2cc(O)cc(O)c12. The Hall–Kier alpha value is -3.51. The molecule has 1 aromatic heterocycles. The molecule has 2 saturated heterocycles. The summed E-state index contributed by atoms with van der Waals surface area (Å²) in [6.45, 7) is -0.918. The van der Waals surface area contributed by atoms with Gasteiger partial charge in [0, 0.05) is 17.7 Å². The molecule has 5 rings (SSSR count). The summed E-state index contributed by atoms with van der Waals surface area (Å²) < 4.78 is 27.6. The lowest BCUT2D eigenvalue weighted by Crippen LogP contribution is -2.61. The highest BCUT2D eigenvalue weighted by Crippen LogP contribution is 2.37. The third-order valence-corrected chi connectivity index (χ3v) is 6.83. The Bertz CT molecular complexity index is 1440. The summed E-state index contributed by atoms with van der Waals surface area (Å²) >= 11 is 0. The maximum Gasteiger partial charge on any atom is 0.239 e. The Kier molecular flexibility index (Phi) is 8.06. The van der Waals surface area contributed by atoms with Gasteiger partial charge in [0.05, 0.1) is 13.2 Å². The normalized spacial score (nSPS) is 32.2. The third-order valence-electron chi connectivity index (χ3n) is 6.83. The second-order valence-electron chi connectivity index (χ2n) is 9.69. The van der Waals surface area contributed by atoms with Crippen molar-refractivity contribution in [2.75, 3.05) is 13.2 Å². The van der Waals surface area contributed by atoms with Crippen LogP contribution in [0.3, 0.4) is 0 Å². The van der Waals surface area contributed by atoms with Gasteiger partial charge in [-0.25, -0.2) is 0 Å². The van der Waals surface area contributed by atoms with Crippen LogP contribution in [0.25, 0.3) is 22.3 Å².